The summed E-state index contributed by atoms with van der Waals surface area (Å²) in [6.45, 7) is 3.93. The van der Waals surface area contributed by atoms with Gasteiger partial charge in [-0.1, -0.05) is 18.2 Å². The molecule has 2 aromatic heterocycles. The molecule has 0 aliphatic carbocycles. The average molecular weight is 440 g/mol. The molecule has 0 aliphatic heterocycles. The summed E-state index contributed by atoms with van der Waals surface area (Å²) >= 11 is 0. The lowest BCUT2D eigenvalue weighted by atomic mass is 10.1. The van der Waals surface area contributed by atoms with Gasteiger partial charge in [0.2, 0.25) is 0 Å². The van der Waals surface area contributed by atoms with Crippen molar-refractivity contribution in [3.63, 3.8) is 0 Å². The first kappa shape index (κ1) is 20.8. The number of nitrogens with zero attached hydrogens (tertiary/aromatic N) is 4. The molecule has 0 bridgehead atoms. The molecule has 3 aromatic carbocycles. The molecule has 0 unspecified atom stereocenters. The molecule has 0 atom stereocenters. The maximum atomic E-state index is 9.97. The molecule has 0 aliphatic rings. The maximum Gasteiger partial charge on any atom is 0.121 e. The van der Waals surface area contributed by atoms with Crippen molar-refractivity contribution in [2.24, 2.45) is 0 Å². The number of rotatable bonds is 6. The van der Waals surface area contributed by atoms with Gasteiger partial charge < -0.3 is 19.7 Å². The first-order chi connectivity index (χ1) is 16.1. The van der Waals surface area contributed by atoms with E-state index in [0.29, 0.717) is 0 Å². The van der Waals surface area contributed by atoms with Crippen molar-refractivity contribution >= 4 is 22.3 Å². The van der Waals surface area contributed by atoms with E-state index in [4.69, 9.17) is 9.84 Å². The number of methoxy groups -OCH3 is 1. The van der Waals surface area contributed by atoms with Gasteiger partial charge in [0.05, 0.1) is 42.8 Å². The van der Waals surface area contributed by atoms with Crippen molar-refractivity contribution < 1.29 is 9.84 Å². The average Bonchev–Trinajstić information content (AvgIpc) is 3.43. The van der Waals surface area contributed by atoms with E-state index in [1.807, 2.05) is 77.0 Å². The number of fused-ring (bicyclic) bond motifs is 1. The Morgan fingerprint density at radius 1 is 1.03 bits per heavy atom. The molecule has 7 heteroatoms. The lowest BCUT2D eigenvalue weighted by Crippen LogP contribution is -2.00. The highest BCUT2D eigenvalue weighted by Gasteiger charge is 2.14. The number of aromatic nitrogens is 4. The minimum Gasteiger partial charge on any atom is -0.497 e. The van der Waals surface area contributed by atoms with E-state index in [9.17, 15) is 5.11 Å². The van der Waals surface area contributed by atoms with Gasteiger partial charge in [-0.2, -0.15) is 5.10 Å². The van der Waals surface area contributed by atoms with Crippen LogP contribution in [0.3, 0.4) is 0 Å². The molecular formula is C26H25N5O2. The zero-order valence-corrected chi connectivity index (χ0v) is 18.8. The first-order valence-electron chi connectivity index (χ1n) is 10.7. The van der Waals surface area contributed by atoms with Gasteiger partial charge in [0, 0.05) is 34.6 Å². The number of aliphatic hydroxyl groups is 1. The maximum absolute atomic E-state index is 9.97. The van der Waals surface area contributed by atoms with Crippen LogP contribution in [0.1, 0.15) is 17.0 Å². The monoisotopic (exact) mass is 439 g/mol. The Labute approximate surface area is 191 Å². The third kappa shape index (κ3) is 3.83. The van der Waals surface area contributed by atoms with E-state index in [1.165, 1.54) is 0 Å². The Balaban J connectivity index is 1.53. The number of aliphatic hydroxyl groups excluding tert-OH is 1. The number of imidazole rings is 1. The second kappa shape index (κ2) is 8.44. The van der Waals surface area contributed by atoms with Crippen LogP contribution in [-0.2, 0) is 6.61 Å². The number of hydrogen-bond acceptors (Lipinski definition) is 5. The van der Waals surface area contributed by atoms with Gasteiger partial charge in [0.25, 0.3) is 0 Å². The van der Waals surface area contributed by atoms with Crippen LogP contribution in [0.25, 0.3) is 22.3 Å². The quantitative estimate of drug-likeness (QED) is 0.386. The van der Waals surface area contributed by atoms with Crippen LogP contribution in [0.2, 0.25) is 0 Å². The number of anilines is 2. The highest BCUT2D eigenvalue weighted by atomic mass is 16.5. The van der Waals surface area contributed by atoms with Gasteiger partial charge in [-0.25, -0.2) is 9.67 Å². The Bertz CT molecular complexity index is 1450. The van der Waals surface area contributed by atoms with Gasteiger partial charge in [-0.15, -0.1) is 0 Å². The fourth-order valence-corrected chi connectivity index (χ4v) is 4.08. The number of aryl methyl sites for hydroxylation is 2. The highest BCUT2D eigenvalue weighted by Crippen LogP contribution is 2.31. The second-order valence-corrected chi connectivity index (χ2v) is 7.95. The van der Waals surface area contributed by atoms with E-state index in [1.54, 1.807) is 13.4 Å². The van der Waals surface area contributed by atoms with Gasteiger partial charge in [0.15, 0.2) is 0 Å². The van der Waals surface area contributed by atoms with Gasteiger partial charge in [0.1, 0.15) is 11.3 Å². The summed E-state index contributed by atoms with van der Waals surface area (Å²) in [4.78, 5) is 4.29. The van der Waals surface area contributed by atoms with Crippen molar-refractivity contribution in [2.45, 2.75) is 20.5 Å². The molecule has 0 saturated carbocycles. The van der Waals surface area contributed by atoms with Crippen molar-refractivity contribution in [2.75, 3.05) is 12.4 Å². The number of nitrogens with one attached hydrogen (secondary N) is 1. The third-order valence-electron chi connectivity index (χ3n) is 5.76. The molecule has 0 saturated heterocycles. The van der Waals surface area contributed by atoms with Crippen molar-refractivity contribution in [1.29, 1.82) is 0 Å². The van der Waals surface area contributed by atoms with Gasteiger partial charge in [-0.3, -0.25) is 0 Å². The molecule has 0 spiro atoms. The normalized spacial score (nSPS) is 11.2. The molecule has 2 N–H and O–H groups in total. The molecule has 5 aromatic rings. The lowest BCUT2D eigenvalue weighted by molar-refractivity contribution is 0.281. The molecule has 0 amide bonds. The summed E-state index contributed by atoms with van der Waals surface area (Å²) in [5, 5.41) is 19.4. The molecule has 0 radical (unpaired) electrons. The largest absolute Gasteiger partial charge is 0.497 e. The predicted molar refractivity (Wildman–Crippen MR) is 130 cm³/mol. The molecule has 33 heavy (non-hydrogen) atoms. The van der Waals surface area contributed by atoms with Crippen molar-refractivity contribution in [3.8, 4) is 17.1 Å². The fraction of sp³-hybridized carbons (Fsp3) is 0.154. The van der Waals surface area contributed by atoms with E-state index in [-0.39, 0.29) is 6.61 Å². The Kier molecular flexibility index (Phi) is 5.32. The molecular weight excluding hydrogens is 414 g/mol. The standard InChI is InChI=1S/C26H25N5O2/c1-17-14-30(16-27-17)25-11-10-20(12-19(25)15-32)28-24-9-5-8-23-18(2)31(29-26(23)24)21-6-4-7-22(13-21)33-3/h4-14,16,28,32H,15H2,1-3H3. The second-order valence-electron chi connectivity index (χ2n) is 7.95. The molecule has 2 heterocycles. The lowest BCUT2D eigenvalue weighted by Gasteiger charge is -2.12. The summed E-state index contributed by atoms with van der Waals surface area (Å²) < 4.78 is 9.23. The zero-order valence-electron chi connectivity index (χ0n) is 18.8. The minimum atomic E-state index is -0.0736. The summed E-state index contributed by atoms with van der Waals surface area (Å²) in [5.41, 5.74) is 7.27. The zero-order chi connectivity index (χ0) is 22.9. The van der Waals surface area contributed by atoms with Crippen molar-refractivity contribution in [1.82, 2.24) is 19.3 Å². The van der Waals surface area contributed by atoms with Crippen LogP contribution in [0, 0.1) is 13.8 Å². The Hall–Kier alpha value is -4.10. The van der Waals surface area contributed by atoms with Crippen LogP contribution in [0.4, 0.5) is 11.4 Å². The molecule has 5 rings (SSSR count). The van der Waals surface area contributed by atoms with E-state index >= 15 is 0 Å². The van der Waals surface area contributed by atoms with E-state index in [0.717, 1.165) is 56.4 Å². The number of hydrogen-bond donors (Lipinski definition) is 2. The topological polar surface area (TPSA) is 77.1 Å². The molecule has 166 valence electrons. The van der Waals surface area contributed by atoms with Crippen molar-refractivity contribution in [3.05, 3.63) is 90.1 Å². The smallest absolute Gasteiger partial charge is 0.121 e. The highest BCUT2D eigenvalue weighted by molar-refractivity contribution is 5.94. The summed E-state index contributed by atoms with van der Waals surface area (Å²) in [5.74, 6) is 0.787. The first-order valence-corrected chi connectivity index (χ1v) is 10.7. The Morgan fingerprint density at radius 2 is 1.88 bits per heavy atom. The van der Waals surface area contributed by atoms with Gasteiger partial charge in [-0.05, 0) is 50.2 Å². The molecule has 7 nitrogen and oxygen atoms in total. The summed E-state index contributed by atoms with van der Waals surface area (Å²) in [6, 6.07) is 19.9. The van der Waals surface area contributed by atoms with Crippen LogP contribution in [0.5, 0.6) is 5.75 Å². The Morgan fingerprint density at radius 3 is 2.64 bits per heavy atom. The SMILES string of the molecule is COc1cccc(-n2nc3c(Nc4ccc(-n5cnc(C)c5)c(CO)c4)cccc3c2C)c1. The van der Waals surface area contributed by atoms with Crippen LogP contribution in [0.15, 0.2) is 73.2 Å². The van der Waals surface area contributed by atoms with Crippen LogP contribution in [-0.4, -0.2) is 31.5 Å². The number of ether oxygens (including phenoxy) is 1. The summed E-state index contributed by atoms with van der Waals surface area (Å²) in [6.07, 6.45) is 3.70. The predicted octanol–water partition coefficient (Wildman–Crippen LogP) is 5.07. The van der Waals surface area contributed by atoms with E-state index in [2.05, 4.69) is 23.3 Å². The fourth-order valence-electron chi connectivity index (χ4n) is 4.08. The van der Waals surface area contributed by atoms with Gasteiger partial charge >= 0.3 is 0 Å². The minimum absolute atomic E-state index is 0.0736. The van der Waals surface area contributed by atoms with Crippen LogP contribution < -0.4 is 10.1 Å². The third-order valence-corrected chi connectivity index (χ3v) is 5.76. The van der Waals surface area contributed by atoms with Crippen LogP contribution >= 0.6 is 0 Å². The summed E-state index contributed by atoms with van der Waals surface area (Å²) in [7, 11) is 1.66. The van der Waals surface area contributed by atoms with E-state index < -0.39 is 0 Å². The molecule has 0 fully saturated rings. The number of benzene rings is 3.